The molecule has 0 unspecified atom stereocenters. The molecule has 11 heteroatoms. The van der Waals surface area contributed by atoms with Gasteiger partial charge in [-0.1, -0.05) is 12.1 Å². The number of nitro benzene ring substituents is 1. The van der Waals surface area contributed by atoms with E-state index in [1.54, 1.807) is 24.3 Å². The Bertz CT molecular complexity index is 1040. The van der Waals surface area contributed by atoms with Crippen molar-refractivity contribution in [3.05, 3.63) is 63.7 Å². The molecular formula is C19H16N4O6S. The summed E-state index contributed by atoms with van der Waals surface area (Å²) in [4.78, 5) is 48.3. The van der Waals surface area contributed by atoms with Gasteiger partial charge in [-0.15, -0.1) is 0 Å². The van der Waals surface area contributed by atoms with Crippen molar-refractivity contribution in [2.75, 3.05) is 19.0 Å². The summed E-state index contributed by atoms with van der Waals surface area (Å²) in [5.74, 6) is -1.18. The van der Waals surface area contributed by atoms with E-state index in [4.69, 9.17) is 17.0 Å². The lowest BCUT2D eigenvalue weighted by Gasteiger charge is -2.14. The number of fused-ring (bicyclic) bond motifs is 1. The smallest absolute Gasteiger partial charge is 0.296 e. The average Bonchev–Trinajstić information content (AvgIpc) is 2.97. The van der Waals surface area contributed by atoms with Gasteiger partial charge in [0.2, 0.25) is 5.91 Å². The average molecular weight is 428 g/mol. The van der Waals surface area contributed by atoms with Crippen LogP contribution in [0.3, 0.4) is 0 Å². The van der Waals surface area contributed by atoms with Gasteiger partial charge in [0.25, 0.3) is 17.5 Å². The Kier molecular flexibility index (Phi) is 6.02. The van der Waals surface area contributed by atoms with Gasteiger partial charge in [0, 0.05) is 13.0 Å². The summed E-state index contributed by atoms with van der Waals surface area (Å²) in [6.45, 7) is -0.122. The minimum absolute atomic E-state index is 0.0754. The second kappa shape index (κ2) is 8.66. The van der Waals surface area contributed by atoms with Crippen molar-refractivity contribution in [2.24, 2.45) is 0 Å². The molecule has 3 amide bonds. The Labute approximate surface area is 176 Å². The SMILES string of the molecule is COc1ccc(NC(=S)NC(=O)CCN2C(=O)c3ccccc3C2=O)c([N+](=O)[O-])c1. The molecule has 0 radical (unpaired) electrons. The van der Waals surface area contributed by atoms with Crippen LogP contribution in [0.25, 0.3) is 0 Å². The van der Waals surface area contributed by atoms with Crippen LogP contribution >= 0.6 is 12.2 Å². The first kappa shape index (κ1) is 20.9. The van der Waals surface area contributed by atoms with Gasteiger partial charge in [0.1, 0.15) is 11.4 Å². The van der Waals surface area contributed by atoms with Gasteiger partial charge in [-0.3, -0.25) is 29.4 Å². The van der Waals surface area contributed by atoms with Crippen LogP contribution in [-0.4, -0.2) is 46.3 Å². The van der Waals surface area contributed by atoms with E-state index in [1.807, 2.05) is 0 Å². The van der Waals surface area contributed by atoms with Crippen molar-refractivity contribution in [1.29, 1.82) is 0 Å². The third-order valence-corrected chi connectivity index (χ3v) is 4.55. The summed E-state index contributed by atoms with van der Waals surface area (Å²) in [6, 6.07) is 10.5. The van der Waals surface area contributed by atoms with E-state index >= 15 is 0 Å². The molecule has 0 aromatic heterocycles. The number of nitro groups is 1. The Morgan fingerprint density at radius 1 is 1.17 bits per heavy atom. The topological polar surface area (TPSA) is 131 Å². The second-order valence-electron chi connectivity index (χ2n) is 6.20. The fourth-order valence-corrected chi connectivity index (χ4v) is 3.12. The van der Waals surface area contributed by atoms with Gasteiger partial charge in [-0.2, -0.15) is 0 Å². The summed E-state index contributed by atoms with van der Waals surface area (Å²) in [5.41, 5.74) is 0.391. The maximum Gasteiger partial charge on any atom is 0.296 e. The Balaban J connectivity index is 1.57. The predicted octanol–water partition coefficient (Wildman–Crippen LogP) is 2.10. The Morgan fingerprint density at radius 2 is 1.80 bits per heavy atom. The first-order chi connectivity index (χ1) is 14.3. The highest BCUT2D eigenvalue weighted by atomic mass is 32.1. The first-order valence-electron chi connectivity index (χ1n) is 8.70. The zero-order valence-corrected chi connectivity index (χ0v) is 16.5. The van der Waals surface area contributed by atoms with Crippen LogP contribution in [0.15, 0.2) is 42.5 Å². The molecule has 154 valence electrons. The minimum atomic E-state index is -0.614. The highest BCUT2D eigenvalue weighted by molar-refractivity contribution is 7.80. The number of imide groups is 1. The van der Waals surface area contributed by atoms with Crippen LogP contribution in [0, 0.1) is 10.1 Å². The number of carbonyl (C=O) groups excluding carboxylic acids is 3. The fraction of sp³-hybridized carbons (Fsp3) is 0.158. The fourth-order valence-electron chi connectivity index (χ4n) is 2.89. The molecule has 0 saturated heterocycles. The minimum Gasteiger partial charge on any atom is -0.496 e. The zero-order chi connectivity index (χ0) is 21.8. The van der Waals surface area contributed by atoms with Crippen LogP contribution in [0.2, 0.25) is 0 Å². The lowest BCUT2D eigenvalue weighted by molar-refractivity contribution is -0.384. The normalized spacial score (nSPS) is 12.4. The van der Waals surface area contributed by atoms with Crippen LogP contribution in [0.5, 0.6) is 5.75 Å². The second-order valence-corrected chi connectivity index (χ2v) is 6.61. The number of hydrogen-bond donors (Lipinski definition) is 2. The maximum absolute atomic E-state index is 12.3. The summed E-state index contributed by atoms with van der Waals surface area (Å²) in [6.07, 6.45) is -0.183. The van der Waals surface area contributed by atoms with Gasteiger partial charge in [-0.05, 0) is 36.5 Å². The summed E-state index contributed by atoms with van der Waals surface area (Å²) < 4.78 is 4.96. The standard InChI is InChI=1S/C19H16N4O6S/c1-29-11-6-7-14(15(10-11)23(27)28)20-19(30)21-16(24)8-9-22-17(25)12-4-2-3-5-13(12)18(22)26/h2-7,10H,8-9H2,1H3,(H2,20,21,24,30). The predicted molar refractivity (Wildman–Crippen MR) is 110 cm³/mol. The monoisotopic (exact) mass is 428 g/mol. The van der Waals surface area contributed by atoms with E-state index < -0.39 is 22.6 Å². The number of amides is 3. The highest BCUT2D eigenvalue weighted by Crippen LogP contribution is 2.29. The van der Waals surface area contributed by atoms with E-state index in [1.165, 1.54) is 25.3 Å². The molecule has 0 aliphatic carbocycles. The molecule has 3 rings (SSSR count). The molecule has 0 spiro atoms. The van der Waals surface area contributed by atoms with Crippen molar-refractivity contribution in [1.82, 2.24) is 10.2 Å². The third kappa shape index (κ3) is 4.25. The highest BCUT2D eigenvalue weighted by Gasteiger charge is 2.35. The van der Waals surface area contributed by atoms with Gasteiger partial charge in [-0.25, -0.2) is 0 Å². The molecule has 30 heavy (non-hydrogen) atoms. The largest absolute Gasteiger partial charge is 0.496 e. The Morgan fingerprint density at radius 3 is 2.37 bits per heavy atom. The van der Waals surface area contributed by atoms with Crippen molar-refractivity contribution in [3.8, 4) is 5.75 Å². The van der Waals surface area contributed by atoms with Crippen LogP contribution in [0.1, 0.15) is 27.1 Å². The first-order valence-corrected chi connectivity index (χ1v) is 9.11. The summed E-state index contributed by atoms with van der Waals surface area (Å²) >= 11 is 5.03. The van der Waals surface area contributed by atoms with E-state index in [2.05, 4.69) is 10.6 Å². The number of carbonyl (C=O) groups is 3. The zero-order valence-electron chi connectivity index (χ0n) is 15.7. The number of thiocarbonyl (C=S) groups is 1. The number of anilines is 1. The quantitative estimate of drug-likeness (QED) is 0.310. The molecule has 2 N–H and O–H groups in total. The maximum atomic E-state index is 12.3. The van der Waals surface area contributed by atoms with Crippen molar-refractivity contribution >= 4 is 46.4 Å². The third-order valence-electron chi connectivity index (χ3n) is 4.34. The lowest BCUT2D eigenvalue weighted by Crippen LogP contribution is -2.38. The molecular weight excluding hydrogens is 412 g/mol. The van der Waals surface area contributed by atoms with Crippen LogP contribution < -0.4 is 15.4 Å². The Hall–Kier alpha value is -3.86. The van der Waals surface area contributed by atoms with Crippen molar-refractivity contribution in [3.63, 3.8) is 0 Å². The number of rotatable bonds is 6. The number of nitrogens with zero attached hydrogens (tertiary/aromatic N) is 2. The molecule has 10 nitrogen and oxygen atoms in total. The molecule has 0 fully saturated rings. The lowest BCUT2D eigenvalue weighted by atomic mass is 10.1. The molecule has 2 aromatic rings. The molecule has 2 aromatic carbocycles. The number of methoxy groups -OCH3 is 1. The molecule has 1 aliphatic heterocycles. The molecule has 0 saturated carbocycles. The number of nitrogens with one attached hydrogen (secondary N) is 2. The van der Waals surface area contributed by atoms with Gasteiger partial charge in [0.05, 0.1) is 29.2 Å². The van der Waals surface area contributed by atoms with Crippen molar-refractivity contribution < 1.29 is 24.0 Å². The van der Waals surface area contributed by atoms with Crippen LogP contribution in [0.4, 0.5) is 11.4 Å². The molecule has 1 heterocycles. The number of hydrogen-bond acceptors (Lipinski definition) is 7. The number of benzene rings is 2. The van der Waals surface area contributed by atoms with E-state index in [9.17, 15) is 24.5 Å². The van der Waals surface area contributed by atoms with Gasteiger partial charge < -0.3 is 15.4 Å². The molecule has 0 atom stereocenters. The summed E-state index contributed by atoms with van der Waals surface area (Å²) in [5, 5.41) is 16.0. The summed E-state index contributed by atoms with van der Waals surface area (Å²) in [7, 11) is 1.38. The van der Waals surface area contributed by atoms with Gasteiger partial charge >= 0.3 is 0 Å². The number of ether oxygens (including phenoxy) is 1. The molecule has 1 aliphatic rings. The van der Waals surface area contributed by atoms with E-state index in [-0.39, 0.29) is 29.5 Å². The van der Waals surface area contributed by atoms with E-state index in [0.717, 1.165) is 4.90 Å². The van der Waals surface area contributed by atoms with Crippen LogP contribution in [-0.2, 0) is 4.79 Å². The van der Waals surface area contributed by atoms with E-state index in [0.29, 0.717) is 16.9 Å². The van der Waals surface area contributed by atoms with Crippen molar-refractivity contribution in [2.45, 2.75) is 6.42 Å². The van der Waals surface area contributed by atoms with Gasteiger partial charge in [0.15, 0.2) is 5.11 Å². The molecule has 0 bridgehead atoms.